The van der Waals surface area contributed by atoms with Crippen LogP contribution in [0.2, 0.25) is 0 Å². The molecule has 0 aliphatic rings. The second kappa shape index (κ2) is 35.5. The Bertz CT molecular complexity index is 1140. The smallest absolute Gasteiger partial charge is 0.306 e. The lowest BCUT2D eigenvalue weighted by Crippen LogP contribution is -2.55. The van der Waals surface area contributed by atoms with Crippen molar-refractivity contribution in [1.82, 2.24) is 0 Å². The summed E-state index contributed by atoms with van der Waals surface area (Å²) in [5.41, 5.74) is 0. The number of allylic oxidation sites excluding steroid dienone is 14. The van der Waals surface area contributed by atoms with Gasteiger partial charge in [0.25, 0.3) is 0 Å². The maximum atomic E-state index is 12.7. The Morgan fingerprint density at radius 3 is 1.72 bits per heavy atom. The molecule has 53 heavy (non-hydrogen) atoms. The lowest BCUT2D eigenvalue weighted by molar-refractivity contribution is -0.889. The minimum atomic E-state index is -1.14. The van der Waals surface area contributed by atoms with E-state index in [-0.39, 0.29) is 42.7 Å². The van der Waals surface area contributed by atoms with Gasteiger partial charge in [-0.05, 0) is 64.2 Å². The fourth-order valence-corrected chi connectivity index (χ4v) is 5.27. The van der Waals surface area contributed by atoms with E-state index in [1.54, 1.807) is 21.1 Å². The molecule has 2 unspecified atom stereocenters. The molecule has 0 bridgehead atoms. The second-order valence-electron chi connectivity index (χ2n) is 14.2. The Balaban J connectivity index is 4.49. The number of carboxylic acids is 1. The van der Waals surface area contributed by atoms with Crippen LogP contribution < -0.4 is 5.11 Å². The fourth-order valence-electron chi connectivity index (χ4n) is 5.27. The molecule has 0 saturated heterocycles. The Kier molecular flexibility index (Phi) is 33.2. The van der Waals surface area contributed by atoms with Gasteiger partial charge in [-0.1, -0.05) is 131 Å². The molecule has 0 aromatic carbocycles. The highest BCUT2D eigenvalue weighted by molar-refractivity contribution is 5.70. The van der Waals surface area contributed by atoms with Gasteiger partial charge in [-0.15, -0.1) is 0 Å². The van der Waals surface area contributed by atoms with E-state index in [2.05, 4.69) is 62.5 Å². The molecule has 0 N–H and O–H groups in total. The summed E-state index contributed by atoms with van der Waals surface area (Å²) in [5.74, 6) is -1.82. The predicted octanol–water partition coefficient (Wildman–Crippen LogP) is 9.24. The van der Waals surface area contributed by atoms with Crippen molar-refractivity contribution < 1.29 is 38.2 Å². The SMILES string of the molecule is CC/C=C/C=C/C=C/C=C/CCCCCC(=O)OCC(COCCC(C(=O)[O-])[N+](C)(C)C)OC(=O)CCCCCCCC/C=C/C/C=C/C/C=C/CC. The predicted molar refractivity (Wildman–Crippen MR) is 217 cm³/mol. The molecule has 0 aliphatic carbocycles. The number of hydrogen-bond acceptors (Lipinski definition) is 7. The first-order chi connectivity index (χ1) is 25.6. The maximum Gasteiger partial charge on any atom is 0.306 e. The van der Waals surface area contributed by atoms with Gasteiger partial charge in [0, 0.05) is 19.3 Å². The van der Waals surface area contributed by atoms with Gasteiger partial charge in [-0.2, -0.15) is 0 Å². The number of likely N-dealkylation sites (N-methyl/N-ethyl adjacent to an activating group) is 1. The highest BCUT2D eigenvalue weighted by Crippen LogP contribution is 2.12. The minimum Gasteiger partial charge on any atom is -0.544 e. The van der Waals surface area contributed by atoms with Crippen LogP contribution in [0.1, 0.15) is 129 Å². The fraction of sp³-hybridized carbons (Fsp3) is 0.622. The number of aliphatic carboxylic acids is 1. The first kappa shape index (κ1) is 49.5. The summed E-state index contributed by atoms with van der Waals surface area (Å²) >= 11 is 0. The number of carbonyl (C=O) groups excluding carboxylic acids is 3. The van der Waals surface area contributed by atoms with Crippen LogP contribution in [-0.4, -0.2) is 75.5 Å². The van der Waals surface area contributed by atoms with E-state index in [4.69, 9.17) is 14.2 Å². The van der Waals surface area contributed by atoms with Gasteiger partial charge in [0.1, 0.15) is 12.6 Å². The van der Waals surface area contributed by atoms with Crippen molar-refractivity contribution in [2.75, 3.05) is 41.0 Å². The Morgan fingerprint density at radius 2 is 1.09 bits per heavy atom. The van der Waals surface area contributed by atoms with E-state index < -0.39 is 18.1 Å². The van der Waals surface area contributed by atoms with Crippen molar-refractivity contribution in [3.8, 4) is 0 Å². The molecule has 0 amide bonds. The number of carbonyl (C=O) groups is 3. The number of hydrogen-bond donors (Lipinski definition) is 0. The molecule has 0 fully saturated rings. The average Bonchev–Trinajstić information content (AvgIpc) is 3.11. The number of unbranched alkanes of at least 4 members (excludes halogenated alkanes) is 9. The number of rotatable bonds is 34. The molecule has 0 radical (unpaired) electrons. The zero-order chi connectivity index (χ0) is 39.3. The molecule has 0 aromatic heterocycles. The van der Waals surface area contributed by atoms with E-state index in [0.717, 1.165) is 83.5 Å². The molecule has 0 aliphatic heterocycles. The first-order valence-electron chi connectivity index (χ1n) is 20.2. The number of quaternary nitrogens is 1. The summed E-state index contributed by atoms with van der Waals surface area (Å²) in [6.07, 6.45) is 44.7. The highest BCUT2D eigenvalue weighted by atomic mass is 16.6. The monoisotopic (exact) mass is 740 g/mol. The summed E-state index contributed by atoms with van der Waals surface area (Å²) in [7, 11) is 5.37. The van der Waals surface area contributed by atoms with Gasteiger partial charge in [0.2, 0.25) is 0 Å². The van der Waals surface area contributed by atoms with E-state index in [9.17, 15) is 19.5 Å². The van der Waals surface area contributed by atoms with E-state index in [1.807, 2.05) is 36.5 Å². The van der Waals surface area contributed by atoms with E-state index in [1.165, 1.54) is 12.8 Å². The Labute approximate surface area is 323 Å². The molecule has 8 nitrogen and oxygen atoms in total. The quantitative estimate of drug-likeness (QED) is 0.0213. The molecule has 0 aromatic rings. The van der Waals surface area contributed by atoms with Crippen molar-refractivity contribution >= 4 is 17.9 Å². The average molecular weight is 740 g/mol. The van der Waals surface area contributed by atoms with Crippen molar-refractivity contribution in [2.45, 2.75) is 142 Å². The van der Waals surface area contributed by atoms with Crippen LogP contribution in [0, 0.1) is 0 Å². The third-order valence-corrected chi connectivity index (χ3v) is 8.37. The number of nitrogens with zero attached hydrogens (tertiary/aromatic N) is 1. The first-order valence-corrected chi connectivity index (χ1v) is 20.2. The Morgan fingerprint density at radius 1 is 0.585 bits per heavy atom. The van der Waals surface area contributed by atoms with Crippen LogP contribution in [0.25, 0.3) is 0 Å². The topological polar surface area (TPSA) is 102 Å². The van der Waals surface area contributed by atoms with E-state index >= 15 is 0 Å². The molecular formula is C45H73NO7. The maximum absolute atomic E-state index is 12.7. The van der Waals surface area contributed by atoms with Gasteiger partial charge in [-0.25, -0.2) is 0 Å². The third-order valence-electron chi connectivity index (χ3n) is 8.37. The van der Waals surface area contributed by atoms with Crippen LogP contribution in [0.4, 0.5) is 0 Å². The molecule has 0 rings (SSSR count). The normalized spacial score (nSPS) is 13.9. The van der Waals surface area contributed by atoms with Gasteiger partial charge in [0.05, 0.1) is 40.3 Å². The van der Waals surface area contributed by atoms with Crippen LogP contribution in [0.15, 0.2) is 85.1 Å². The Hall–Kier alpha value is -3.49. The number of esters is 2. The molecule has 0 spiro atoms. The molecule has 0 heterocycles. The summed E-state index contributed by atoms with van der Waals surface area (Å²) in [4.78, 5) is 36.7. The lowest BCUT2D eigenvalue weighted by Gasteiger charge is -2.34. The largest absolute Gasteiger partial charge is 0.544 e. The van der Waals surface area contributed by atoms with Crippen molar-refractivity contribution in [2.24, 2.45) is 0 Å². The zero-order valence-electron chi connectivity index (χ0n) is 33.9. The summed E-state index contributed by atoms with van der Waals surface area (Å²) < 4.78 is 17.1. The van der Waals surface area contributed by atoms with Crippen LogP contribution in [0.5, 0.6) is 0 Å². The standard InChI is InChI=1S/C45H73NO7/c1-6-8-10-12-14-16-18-20-21-22-24-26-28-30-32-34-36-44(48)53-41(39-51-38-37-42(45(49)50)46(3,4)5)40-52-43(47)35-33-31-29-27-25-23-19-17-15-13-11-9-7-2/h8-11,13-17,19-21,23,25,41-42H,6-7,12,18,22,24,26-40H2,1-5H3/b10-8+,11-9+,15-13+,16-14+,19-17+,21-20+,25-23+. The lowest BCUT2D eigenvalue weighted by atomic mass is 10.1. The summed E-state index contributed by atoms with van der Waals surface area (Å²) in [6, 6.07) is -0.738. The molecule has 0 saturated carbocycles. The molecule has 300 valence electrons. The number of ether oxygens (including phenoxy) is 3. The van der Waals surface area contributed by atoms with E-state index in [0.29, 0.717) is 12.8 Å². The zero-order valence-corrected chi connectivity index (χ0v) is 33.9. The highest BCUT2D eigenvalue weighted by Gasteiger charge is 2.25. The van der Waals surface area contributed by atoms with Gasteiger partial charge in [-0.3, -0.25) is 9.59 Å². The van der Waals surface area contributed by atoms with Crippen LogP contribution in [0.3, 0.4) is 0 Å². The second-order valence-corrected chi connectivity index (χ2v) is 14.2. The van der Waals surface area contributed by atoms with Crippen LogP contribution >= 0.6 is 0 Å². The molecular weight excluding hydrogens is 666 g/mol. The summed E-state index contributed by atoms with van der Waals surface area (Å²) in [5, 5.41) is 11.6. The van der Waals surface area contributed by atoms with Gasteiger partial charge >= 0.3 is 11.9 Å². The van der Waals surface area contributed by atoms with Gasteiger partial charge < -0.3 is 28.6 Å². The van der Waals surface area contributed by atoms with Crippen molar-refractivity contribution in [3.05, 3.63) is 85.1 Å². The van der Waals surface area contributed by atoms with Gasteiger partial charge in [0.15, 0.2) is 6.10 Å². The van der Waals surface area contributed by atoms with Crippen molar-refractivity contribution in [3.63, 3.8) is 0 Å². The van der Waals surface area contributed by atoms with Crippen LogP contribution in [-0.2, 0) is 28.6 Å². The summed E-state index contributed by atoms with van der Waals surface area (Å²) in [6.45, 7) is 4.32. The van der Waals surface area contributed by atoms with Crippen molar-refractivity contribution in [1.29, 1.82) is 0 Å². The number of carboxylic acid groups (broad SMARTS) is 1. The molecule has 8 heteroatoms. The minimum absolute atomic E-state index is 0.0168. The molecule has 2 atom stereocenters. The third kappa shape index (κ3) is 34.1.